The molecule has 94 valence electrons. The number of aliphatic hydroxyl groups excluding tert-OH is 1. The van der Waals surface area contributed by atoms with Gasteiger partial charge >= 0.3 is 0 Å². The van der Waals surface area contributed by atoms with Crippen molar-refractivity contribution in [1.29, 1.82) is 0 Å². The first-order chi connectivity index (χ1) is 8.50. The molecule has 5 heteroatoms. The molecule has 0 aliphatic heterocycles. The molecule has 0 saturated heterocycles. The van der Waals surface area contributed by atoms with Gasteiger partial charge in [-0.05, 0) is 39.7 Å². The molecule has 0 radical (unpaired) electrons. The van der Waals surface area contributed by atoms with Gasteiger partial charge in [-0.1, -0.05) is 45.7 Å². The van der Waals surface area contributed by atoms with Crippen molar-refractivity contribution in [2.24, 2.45) is 0 Å². The lowest BCUT2D eigenvalue weighted by Crippen LogP contribution is -2.03. The average molecular weight is 394 g/mol. The van der Waals surface area contributed by atoms with E-state index < -0.39 is 11.9 Å². The van der Waals surface area contributed by atoms with Crippen molar-refractivity contribution in [1.82, 2.24) is 0 Å². The van der Waals surface area contributed by atoms with E-state index in [0.717, 1.165) is 4.47 Å². The van der Waals surface area contributed by atoms with Crippen molar-refractivity contribution >= 4 is 43.5 Å². The zero-order valence-electron chi connectivity index (χ0n) is 9.00. The van der Waals surface area contributed by atoms with Gasteiger partial charge in [-0.3, -0.25) is 0 Å². The number of halogens is 4. The largest absolute Gasteiger partial charge is 0.384 e. The van der Waals surface area contributed by atoms with Crippen molar-refractivity contribution in [2.75, 3.05) is 0 Å². The van der Waals surface area contributed by atoms with E-state index in [1.807, 2.05) is 6.07 Å². The average Bonchev–Trinajstić information content (AvgIpc) is 2.35. The zero-order chi connectivity index (χ0) is 13.3. The predicted molar refractivity (Wildman–Crippen MR) is 77.3 cm³/mol. The molecule has 0 aromatic heterocycles. The first-order valence-electron chi connectivity index (χ1n) is 5.07. The zero-order valence-corrected chi connectivity index (χ0v) is 12.9. The summed E-state index contributed by atoms with van der Waals surface area (Å²) in [4.78, 5) is 0. The Morgan fingerprint density at radius 1 is 1.17 bits per heavy atom. The maximum Gasteiger partial charge on any atom is 0.149 e. The minimum Gasteiger partial charge on any atom is -0.384 e. The normalized spacial score (nSPS) is 12.5. The fourth-order valence-electron chi connectivity index (χ4n) is 1.61. The maximum atomic E-state index is 14.0. The Morgan fingerprint density at radius 3 is 2.56 bits per heavy atom. The maximum absolute atomic E-state index is 14.0. The summed E-state index contributed by atoms with van der Waals surface area (Å²) in [5.74, 6) is -0.612. The van der Waals surface area contributed by atoms with Gasteiger partial charge in [-0.15, -0.1) is 0 Å². The molecule has 0 spiro atoms. The molecule has 0 fully saturated rings. The van der Waals surface area contributed by atoms with Gasteiger partial charge in [0.1, 0.15) is 11.9 Å². The summed E-state index contributed by atoms with van der Waals surface area (Å²) in [5.41, 5.74) is 0.753. The van der Waals surface area contributed by atoms with Crippen molar-refractivity contribution in [2.45, 2.75) is 6.10 Å². The van der Waals surface area contributed by atoms with Gasteiger partial charge in [0, 0.05) is 14.5 Å². The molecule has 18 heavy (non-hydrogen) atoms. The Morgan fingerprint density at radius 2 is 1.89 bits per heavy atom. The van der Waals surface area contributed by atoms with Crippen LogP contribution in [0.2, 0.25) is 5.02 Å². The molecule has 0 amide bonds. The van der Waals surface area contributed by atoms with Crippen LogP contribution >= 0.6 is 43.5 Å². The van der Waals surface area contributed by atoms with E-state index >= 15 is 0 Å². The lowest BCUT2D eigenvalue weighted by atomic mass is 10.0. The topological polar surface area (TPSA) is 20.2 Å². The second-order valence-electron chi connectivity index (χ2n) is 3.72. The molecule has 0 saturated carbocycles. The molecule has 1 atom stereocenters. The third-order valence-corrected chi connectivity index (χ3v) is 4.28. The summed E-state index contributed by atoms with van der Waals surface area (Å²) < 4.78 is 15.3. The molecule has 0 aliphatic rings. The minimum atomic E-state index is -1.05. The molecule has 2 aromatic carbocycles. The SMILES string of the molecule is OC(c1cccc(Br)c1)c1ccc(Br)c(Cl)c1F. The van der Waals surface area contributed by atoms with Crippen molar-refractivity contribution < 1.29 is 9.50 Å². The molecule has 0 heterocycles. The van der Waals surface area contributed by atoms with Crippen molar-refractivity contribution in [3.63, 3.8) is 0 Å². The molecule has 1 N–H and O–H groups in total. The van der Waals surface area contributed by atoms with E-state index in [4.69, 9.17) is 11.6 Å². The molecular weight excluding hydrogens is 386 g/mol. The molecule has 1 unspecified atom stereocenters. The number of aliphatic hydroxyl groups is 1. The van der Waals surface area contributed by atoms with Crippen LogP contribution in [-0.4, -0.2) is 5.11 Å². The van der Waals surface area contributed by atoms with Gasteiger partial charge in [0.05, 0.1) is 5.02 Å². The van der Waals surface area contributed by atoms with Crippen LogP contribution in [0.5, 0.6) is 0 Å². The van der Waals surface area contributed by atoms with Gasteiger partial charge in [0.15, 0.2) is 0 Å². The second-order valence-corrected chi connectivity index (χ2v) is 5.87. The summed E-state index contributed by atoms with van der Waals surface area (Å²) in [7, 11) is 0. The van der Waals surface area contributed by atoms with E-state index in [9.17, 15) is 9.50 Å². The third-order valence-electron chi connectivity index (χ3n) is 2.52. The fraction of sp³-hybridized carbons (Fsp3) is 0.0769. The van der Waals surface area contributed by atoms with E-state index in [-0.39, 0.29) is 10.6 Å². The van der Waals surface area contributed by atoms with E-state index in [2.05, 4.69) is 31.9 Å². The highest BCUT2D eigenvalue weighted by atomic mass is 79.9. The van der Waals surface area contributed by atoms with Crippen LogP contribution in [0.3, 0.4) is 0 Å². The quantitative estimate of drug-likeness (QED) is 0.704. The van der Waals surface area contributed by atoms with E-state index in [1.54, 1.807) is 24.3 Å². The van der Waals surface area contributed by atoms with Crippen LogP contribution in [-0.2, 0) is 0 Å². The minimum absolute atomic E-state index is 0.0263. The fourth-order valence-corrected chi connectivity index (χ4v) is 2.50. The number of benzene rings is 2. The van der Waals surface area contributed by atoms with Gasteiger partial charge in [-0.25, -0.2) is 4.39 Å². The van der Waals surface area contributed by atoms with Gasteiger partial charge in [-0.2, -0.15) is 0 Å². The van der Waals surface area contributed by atoms with Crippen LogP contribution in [0.15, 0.2) is 45.3 Å². The summed E-state index contributed by atoms with van der Waals surface area (Å²) >= 11 is 12.2. The first-order valence-corrected chi connectivity index (χ1v) is 7.04. The molecule has 2 aromatic rings. The highest BCUT2D eigenvalue weighted by Crippen LogP contribution is 2.33. The Bertz CT molecular complexity index is 589. The van der Waals surface area contributed by atoms with E-state index in [0.29, 0.717) is 10.0 Å². The number of hydrogen-bond donors (Lipinski definition) is 1. The summed E-state index contributed by atoms with van der Waals surface area (Å²) in [6.45, 7) is 0. The second kappa shape index (κ2) is 5.70. The number of rotatable bonds is 2. The van der Waals surface area contributed by atoms with Crippen LogP contribution < -0.4 is 0 Å². The first kappa shape index (κ1) is 14.0. The van der Waals surface area contributed by atoms with Gasteiger partial charge in [0.25, 0.3) is 0 Å². The van der Waals surface area contributed by atoms with Crippen LogP contribution in [0.25, 0.3) is 0 Å². The standard InChI is InChI=1S/C13H8Br2ClFO/c14-8-3-1-2-7(6-8)13(18)9-4-5-10(15)11(16)12(9)17/h1-6,13,18H. The van der Waals surface area contributed by atoms with E-state index in [1.165, 1.54) is 6.07 Å². The highest BCUT2D eigenvalue weighted by molar-refractivity contribution is 9.10. The van der Waals surface area contributed by atoms with Crippen LogP contribution in [0.4, 0.5) is 4.39 Å². The van der Waals surface area contributed by atoms with Crippen LogP contribution in [0, 0.1) is 5.82 Å². The lowest BCUT2D eigenvalue weighted by molar-refractivity contribution is 0.215. The Hall–Kier alpha value is -0.420. The van der Waals surface area contributed by atoms with Gasteiger partial charge in [0.2, 0.25) is 0 Å². The summed E-state index contributed by atoms with van der Waals surface area (Å²) in [6.07, 6.45) is -1.05. The monoisotopic (exact) mass is 392 g/mol. The molecule has 1 nitrogen and oxygen atoms in total. The van der Waals surface area contributed by atoms with Gasteiger partial charge < -0.3 is 5.11 Å². The smallest absolute Gasteiger partial charge is 0.149 e. The number of hydrogen-bond acceptors (Lipinski definition) is 1. The van der Waals surface area contributed by atoms with Crippen LogP contribution in [0.1, 0.15) is 17.2 Å². The summed E-state index contributed by atoms with van der Waals surface area (Å²) in [5, 5.41) is 10.2. The predicted octanol–water partition coefficient (Wildman–Crippen LogP) is 5.09. The lowest BCUT2D eigenvalue weighted by Gasteiger charge is -2.14. The Balaban J connectivity index is 2.46. The molecule has 0 aliphatic carbocycles. The molecule has 2 rings (SSSR count). The highest BCUT2D eigenvalue weighted by Gasteiger charge is 2.18. The van der Waals surface area contributed by atoms with Crippen molar-refractivity contribution in [3.8, 4) is 0 Å². The Kier molecular flexibility index (Phi) is 4.43. The molecular formula is C13H8Br2ClFO. The molecule has 0 bridgehead atoms. The Labute approximate surface area is 126 Å². The third kappa shape index (κ3) is 2.77. The van der Waals surface area contributed by atoms with Crippen molar-refractivity contribution in [3.05, 3.63) is 67.3 Å². The summed E-state index contributed by atoms with van der Waals surface area (Å²) in [6, 6.07) is 10.2.